The van der Waals surface area contributed by atoms with Gasteiger partial charge in [0.1, 0.15) is 0 Å². The minimum absolute atomic E-state index is 0.0632. The Morgan fingerprint density at radius 1 is 1.21 bits per heavy atom. The highest BCUT2D eigenvalue weighted by atomic mass is 35.5. The summed E-state index contributed by atoms with van der Waals surface area (Å²) < 4.78 is 0. The molecule has 2 nitrogen and oxygen atoms in total. The van der Waals surface area contributed by atoms with Crippen LogP contribution in [0.3, 0.4) is 0 Å². The number of benzene rings is 1. The molecule has 0 aliphatic carbocycles. The van der Waals surface area contributed by atoms with Gasteiger partial charge in [0.15, 0.2) is 0 Å². The van der Waals surface area contributed by atoms with Crippen LogP contribution in [0.4, 0.5) is 0 Å². The molecule has 2 rings (SSSR count). The maximum atomic E-state index is 6.23. The van der Waals surface area contributed by atoms with E-state index in [4.69, 9.17) is 17.3 Å². The van der Waals surface area contributed by atoms with Gasteiger partial charge in [-0.1, -0.05) is 48.9 Å². The molecule has 2 aromatic rings. The molecule has 0 spiro atoms. The van der Waals surface area contributed by atoms with E-state index in [9.17, 15) is 0 Å². The Bertz CT molecular complexity index is 521. The number of hydrogen-bond acceptors (Lipinski definition) is 2. The van der Waals surface area contributed by atoms with Gasteiger partial charge in [-0.3, -0.25) is 4.98 Å². The fourth-order valence-electron chi connectivity index (χ4n) is 2.47. The van der Waals surface area contributed by atoms with Crippen LogP contribution in [0.15, 0.2) is 48.8 Å². The Balaban J connectivity index is 2.38. The Kier molecular flexibility index (Phi) is 4.56. The molecule has 0 amide bonds. The summed E-state index contributed by atoms with van der Waals surface area (Å²) in [6.45, 7) is 2.78. The quantitative estimate of drug-likeness (QED) is 0.905. The van der Waals surface area contributed by atoms with Crippen molar-refractivity contribution < 1.29 is 0 Å². The maximum absolute atomic E-state index is 6.23. The summed E-state index contributed by atoms with van der Waals surface area (Å²) in [6, 6.07) is 12.4. The fraction of sp³-hybridized carbons (Fsp3) is 0.312. The number of hydrogen-bond donors (Lipinski definition) is 1. The van der Waals surface area contributed by atoms with Gasteiger partial charge in [-0.2, -0.15) is 0 Å². The van der Waals surface area contributed by atoms with Crippen molar-refractivity contribution in [2.45, 2.75) is 25.2 Å². The van der Waals surface area contributed by atoms with Gasteiger partial charge in [-0.05, 0) is 30.0 Å². The first-order chi connectivity index (χ1) is 9.22. The molecule has 3 heteroatoms. The first kappa shape index (κ1) is 14.0. The molecular formula is C16H19ClN2. The van der Waals surface area contributed by atoms with Gasteiger partial charge in [-0.25, -0.2) is 0 Å². The lowest BCUT2D eigenvalue weighted by molar-refractivity contribution is 0.418. The molecule has 100 valence electrons. The normalized spacial score (nSPS) is 14.1. The van der Waals surface area contributed by atoms with Crippen molar-refractivity contribution in [2.24, 2.45) is 5.73 Å². The van der Waals surface area contributed by atoms with Crippen LogP contribution in [0.2, 0.25) is 5.02 Å². The predicted molar refractivity (Wildman–Crippen MR) is 80.4 cm³/mol. The van der Waals surface area contributed by atoms with E-state index in [-0.39, 0.29) is 5.41 Å². The number of pyridine rings is 1. The van der Waals surface area contributed by atoms with E-state index < -0.39 is 0 Å². The van der Waals surface area contributed by atoms with E-state index in [1.807, 2.05) is 12.1 Å². The predicted octanol–water partition coefficient (Wildman–Crippen LogP) is 3.58. The highest BCUT2D eigenvalue weighted by Gasteiger charge is 2.29. The second kappa shape index (κ2) is 6.18. The molecule has 1 aromatic carbocycles. The van der Waals surface area contributed by atoms with E-state index in [0.29, 0.717) is 11.6 Å². The molecular weight excluding hydrogens is 256 g/mol. The molecule has 19 heavy (non-hydrogen) atoms. The van der Waals surface area contributed by atoms with E-state index in [1.165, 1.54) is 5.56 Å². The second-order valence-electron chi connectivity index (χ2n) is 4.85. The summed E-state index contributed by atoms with van der Waals surface area (Å²) in [5.74, 6) is 0. The maximum Gasteiger partial charge on any atom is 0.0621 e. The number of nitrogens with zero attached hydrogens (tertiary/aromatic N) is 1. The topological polar surface area (TPSA) is 38.9 Å². The van der Waals surface area contributed by atoms with Crippen molar-refractivity contribution in [3.63, 3.8) is 0 Å². The van der Waals surface area contributed by atoms with Crippen molar-refractivity contribution >= 4 is 11.6 Å². The van der Waals surface area contributed by atoms with Crippen LogP contribution in [-0.4, -0.2) is 11.5 Å². The second-order valence-corrected chi connectivity index (χ2v) is 5.26. The number of rotatable bonds is 5. The molecule has 1 heterocycles. The molecule has 0 aliphatic rings. The molecule has 0 radical (unpaired) electrons. The Morgan fingerprint density at radius 3 is 2.53 bits per heavy atom. The van der Waals surface area contributed by atoms with E-state index in [1.54, 1.807) is 12.4 Å². The van der Waals surface area contributed by atoms with Gasteiger partial charge < -0.3 is 5.73 Å². The SMILES string of the molecule is CCC(CN)(Cc1ccncc1Cl)c1ccccc1. The fourth-order valence-corrected chi connectivity index (χ4v) is 2.66. The first-order valence-electron chi connectivity index (χ1n) is 6.56. The lowest BCUT2D eigenvalue weighted by Crippen LogP contribution is -2.36. The van der Waals surface area contributed by atoms with E-state index in [0.717, 1.165) is 18.4 Å². The lowest BCUT2D eigenvalue weighted by atomic mass is 9.73. The van der Waals surface area contributed by atoms with Crippen LogP contribution in [0.25, 0.3) is 0 Å². The highest BCUT2D eigenvalue weighted by molar-refractivity contribution is 6.31. The van der Waals surface area contributed by atoms with Gasteiger partial charge in [0, 0.05) is 24.4 Å². The minimum Gasteiger partial charge on any atom is -0.330 e. The Hall–Kier alpha value is -1.38. The van der Waals surface area contributed by atoms with Crippen LogP contribution < -0.4 is 5.73 Å². The van der Waals surface area contributed by atoms with E-state index in [2.05, 4.69) is 36.2 Å². The average Bonchev–Trinajstić information content (AvgIpc) is 2.48. The minimum atomic E-state index is -0.0632. The van der Waals surface area contributed by atoms with E-state index >= 15 is 0 Å². The largest absolute Gasteiger partial charge is 0.330 e. The zero-order chi connectivity index (χ0) is 13.7. The third kappa shape index (κ3) is 2.96. The molecule has 0 bridgehead atoms. The summed E-state index contributed by atoms with van der Waals surface area (Å²) in [5.41, 5.74) is 8.40. The number of aromatic nitrogens is 1. The van der Waals surface area contributed by atoms with Gasteiger partial charge in [0.2, 0.25) is 0 Å². The van der Waals surface area contributed by atoms with Crippen LogP contribution in [0.5, 0.6) is 0 Å². The van der Waals surface area contributed by atoms with Gasteiger partial charge >= 0.3 is 0 Å². The van der Waals surface area contributed by atoms with Gasteiger partial charge in [0.25, 0.3) is 0 Å². The summed E-state index contributed by atoms with van der Waals surface area (Å²) in [4.78, 5) is 4.04. The molecule has 2 N–H and O–H groups in total. The monoisotopic (exact) mass is 274 g/mol. The molecule has 1 aromatic heterocycles. The average molecular weight is 275 g/mol. The lowest BCUT2D eigenvalue weighted by Gasteiger charge is -2.32. The first-order valence-corrected chi connectivity index (χ1v) is 6.93. The van der Waals surface area contributed by atoms with Crippen molar-refractivity contribution in [3.05, 3.63) is 64.9 Å². The summed E-state index contributed by atoms with van der Waals surface area (Å²) >= 11 is 6.23. The van der Waals surface area contributed by atoms with Crippen molar-refractivity contribution in [1.82, 2.24) is 4.98 Å². The Labute approximate surface area is 119 Å². The van der Waals surface area contributed by atoms with Crippen molar-refractivity contribution in [3.8, 4) is 0 Å². The zero-order valence-corrected chi connectivity index (χ0v) is 11.9. The van der Waals surface area contributed by atoms with Crippen LogP contribution in [0, 0.1) is 0 Å². The van der Waals surface area contributed by atoms with Crippen molar-refractivity contribution in [2.75, 3.05) is 6.54 Å². The summed E-state index contributed by atoms with van der Waals surface area (Å²) in [5, 5.41) is 0.713. The third-order valence-electron chi connectivity index (χ3n) is 3.84. The van der Waals surface area contributed by atoms with Gasteiger partial charge in [-0.15, -0.1) is 0 Å². The standard InChI is InChI=1S/C16H19ClN2/c1-2-16(12-18,14-6-4-3-5-7-14)10-13-8-9-19-11-15(13)17/h3-9,11H,2,10,12,18H2,1H3. The molecule has 1 atom stereocenters. The number of halogens is 1. The number of nitrogens with two attached hydrogens (primary N) is 1. The molecule has 1 unspecified atom stereocenters. The van der Waals surface area contributed by atoms with Crippen LogP contribution in [-0.2, 0) is 11.8 Å². The Morgan fingerprint density at radius 2 is 1.95 bits per heavy atom. The summed E-state index contributed by atoms with van der Waals surface area (Å²) in [7, 11) is 0. The van der Waals surface area contributed by atoms with Gasteiger partial charge in [0.05, 0.1) is 5.02 Å². The summed E-state index contributed by atoms with van der Waals surface area (Å²) in [6.07, 6.45) is 5.29. The third-order valence-corrected chi connectivity index (χ3v) is 4.18. The highest BCUT2D eigenvalue weighted by Crippen LogP contribution is 2.32. The smallest absolute Gasteiger partial charge is 0.0621 e. The van der Waals surface area contributed by atoms with Crippen LogP contribution in [0.1, 0.15) is 24.5 Å². The van der Waals surface area contributed by atoms with Crippen LogP contribution >= 0.6 is 11.6 Å². The zero-order valence-electron chi connectivity index (χ0n) is 11.1. The molecule has 0 saturated heterocycles. The molecule has 0 saturated carbocycles. The molecule has 0 aliphatic heterocycles. The van der Waals surface area contributed by atoms with Crippen molar-refractivity contribution in [1.29, 1.82) is 0 Å². The molecule has 0 fully saturated rings.